The molecule has 0 radical (unpaired) electrons. The van der Waals surface area contributed by atoms with Crippen LogP contribution in [0.4, 0.5) is 0 Å². The average Bonchev–Trinajstić information content (AvgIpc) is 3.05. The number of ether oxygens (including phenoxy) is 2. The van der Waals surface area contributed by atoms with Gasteiger partial charge in [-0.15, -0.1) is 0 Å². The maximum absolute atomic E-state index is 12.7. The van der Waals surface area contributed by atoms with Gasteiger partial charge in [-0.3, -0.25) is 9.48 Å². The Labute approximate surface area is 157 Å². The lowest BCUT2D eigenvalue weighted by molar-refractivity contribution is 0.0600. The van der Waals surface area contributed by atoms with Gasteiger partial charge in [0.25, 0.3) is 5.91 Å². The Morgan fingerprint density at radius 2 is 2.04 bits per heavy atom. The second-order valence-electron chi connectivity index (χ2n) is 6.78. The molecule has 2 aromatic rings. The van der Waals surface area contributed by atoms with Crippen LogP contribution in [0.25, 0.3) is 0 Å². The third-order valence-corrected chi connectivity index (χ3v) is 4.78. The van der Waals surface area contributed by atoms with Gasteiger partial charge in [0.15, 0.2) is 0 Å². The molecule has 1 fully saturated rings. The number of carbonyl (C=O) groups excluding carboxylic acids is 2. The molecule has 1 unspecified atom stereocenters. The standard InChI is InChI=1S/C19H24N4O4/c1-12(17-20-11-21-23(17)2)22-18(24)14-7-15(19(25)26-3)9-16(8-14)27-10-13-5-4-6-13/h7-9,11-13H,4-6,10H2,1-3H3,(H,22,24). The Kier molecular flexibility index (Phi) is 5.73. The van der Waals surface area contributed by atoms with E-state index in [1.54, 1.807) is 23.9 Å². The monoisotopic (exact) mass is 372 g/mol. The minimum absolute atomic E-state index is 0.278. The van der Waals surface area contributed by atoms with Gasteiger partial charge in [-0.25, -0.2) is 9.78 Å². The molecule has 1 amide bonds. The highest BCUT2D eigenvalue weighted by molar-refractivity contribution is 5.98. The molecule has 1 atom stereocenters. The molecule has 8 heteroatoms. The quantitative estimate of drug-likeness (QED) is 0.749. The summed E-state index contributed by atoms with van der Waals surface area (Å²) in [5, 5.41) is 6.88. The number of hydrogen-bond donors (Lipinski definition) is 1. The molecular weight excluding hydrogens is 348 g/mol. The molecule has 1 aromatic heterocycles. The van der Waals surface area contributed by atoms with Gasteiger partial charge in [0.1, 0.15) is 17.9 Å². The fourth-order valence-corrected chi connectivity index (χ4v) is 2.96. The first-order valence-electron chi connectivity index (χ1n) is 8.99. The van der Waals surface area contributed by atoms with Crippen molar-refractivity contribution in [2.24, 2.45) is 13.0 Å². The fraction of sp³-hybridized carbons (Fsp3) is 0.474. The van der Waals surface area contributed by atoms with Gasteiger partial charge in [0.2, 0.25) is 0 Å². The van der Waals surface area contributed by atoms with Gasteiger partial charge in [0, 0.05) is 12.6 Å². The first-order chi connectivity index (χ1) is 13.0. The summed E-state index contributed by atoms with van der Waals surface area (Å²) in [5.74, 6) is 0.819. The molecule has 8 nitrogen and oxygen atoms in total. The number of carbonyl (C=O) groups is 2. The summed E-state index contributed by atoms with van der Waals surface area (Å²) in [4.78, 5) is 28.8. The van der Waals surface area contributed by atoms with Crippen molar-refractivity contribution in [1.82, 2.24) is 20.1 Å². The first kappa shape index (κ1) is 18.9. The molecule has 1 N–H and O–H groups in total. The summed E-state index contributed by atoms with van der Waals surface area (Å²) in [6, 6.07) is 4.41. The van der Waals surface area contributed by atoms with E-state index in [0.717, 1.165) is 12.8 Å². The number of rotatable bonds is 7. The van der Waals surface area contributed by atoms with Gasteiger partial charge >= 0.3 is 5.97 Å². The van der Waals surface area contributed by atoms with Gasteiger partial charge < -0.3 is 14.8 Å². The molecule has 1 heterocycles. The number of nitrogens with one attached hydrogen (secondary N) is 1. The number of nitrogens with zero attached hydrogens (tertiary/aromatic N) is 3. The number of esters is 1. The van der Waals surface area contributed by atoms with Crippen LogP contribution in [-0.2, 0) is 11.8 Å². The molecule has 1 aliphatic rings. The topological polar surface area (TPSA) is 95.3 Å². The highest BCUT2D eigenvalue weighted by Gasteiger charge is 2.20. The van der Waals surface area contributed by atoms with Crippen molar-refractivity contribution in [3.8, 4) is 5.75 Å². The maximum Gasteiger partial charge on any atom is 0.338 e. The van der Waals surface area contributed by atoms with Crippen molar-refractivity contribution in [2.75, 3.05) is 13.7 Å². The summed E-state index contributed by atoms with van der Waals surface area (Å²) in [7, 11) is 3.06. The molecule has 1 aromatic carbocycles. The normalized spacial score (nSPS) is 14.9. The molecule has 27 heavy (non-hydrogen) atoms. The van der Waals surface area contributed by atoms with Crippen LogP contribution in [0.3, 0.4) is 0 Å². The van der Waals surface area contributed by atoms with Crippen molar-refractivity contribution in [1.29, 1.82) is 0 Å². The zero-order valence-corrected chi connectivity index (χ0v) is 15.8. The molecule has 0 spiro atoms. The summed E-state index contributed by atoms with van der Waals surface area (Å²) >= 11 is 0. The first-order valence-corrected chi connectivity index (χ1v) is 8.99. The van der Waals surface area contributed by atoms with Crippen molar-refractivity contribution in [2.45, 2.75) is 32.2 Å². The lowest BCUT2D eigenvalue weighted by Gasteiger charge is -2.25. The SMILES string of the molecule is COC(=O)c1cc(OCC2CCC2)cc(C(=O)NC(C)c2ncnn2C)c1. The maximum atomic E-state index is 12.7. The van der Waals surface area contributed by atoms with Crippen molar-refractivity contribution >= 4 is 11.9 Å². The molecule has 0 saturated heterocycles. The Balaban J connectivity index is 1.77. The second-order valence-corrected chi connectivity index (χ2v) is 6.78. The smallest absolute Gasteiger partial charge is 0.338 e. The van der Waals surface area contributed by atoms with Crippen molar-refractivity contribution < 1.29 is 19.1 Å². The van der Waals surface area contributed by atoms with Crippen LogP contribution in [-0.4, -0.2) is 40.4 Å². The van der Waals surface area contributed by atoms with E-state index in [0.29, 0.717) is 29.7 Å². The van der Waals surface area contributed by atoms with E-state index in [1.165, 1.54) is 25.9 Å². The lowest BCUT2D eigenvalue weighted by Crippen LogP contribution is -2.29. The van der Waals surface area contributed by atoms with Crippen molar-refractivity contribution in [3.63, 3.8) is 0 Å². The molecule has 0 aliphatic heterocycles. The Hall–Kier alpha value is -2.90. The van der Waals surface area contributed by atoms with Gasteiger partial charge in [-0.1, -0.05) is 6.42 Å². The summed E-state index contributed by atoms with van der Waals surface area (Å²) in [5.41, 5.74) is 0.607. The Bertz CT molecular complexity index is 829. The minimum Gasteiger partial charge on any atom is -0.493 e. The highest BCUT2D eigenvalue weighted by atomic mass is 16.5. The van der Waals surface area contributed by atoms with Crippen LogP contribution in [0.1, 0.15) is 58.8 Å². The van der Waals surface area contributed by atoms with E-state index < -0.39 is 5.97 Å². The molecule has 144 valence electrons. The van der Waals surface area contributed by atoms with Crippen LogP contribution < -0.4 is 10.1 Å². The molecule has 1 saturated carbocycles. The van der Waals surface area contributed by atoms with E-state index in [9.17, 15) is 9.59 Å². The largest absolute Gasteiger partial charge is 0.493 e. The van der Waals surface area contributed by atoms with E-state index in [4.69, 9.17) is 9.47 Å². The predicted octanol–water partition coefficient (Wildman–Crippen LogP) is 2.27. The molecule has 0 bridgehead atoms. The van der Waals surface area contributed by atoms with E-state index in [2.05, 4.69) is 15.4 Å². The Morgan fingerprint density at radius 3 is 2.63 bits per heavy atom. The number of aryl methyl sites for hydroxylation is 1. The summed E-state index contributed by atoms with van der Waals surface area (Å²) in [6.45, 7) is 2.40. The summed E-state index contributed by atoms with van der Waals surface area (Å²) < 4.78 is 12.2. The van der Waals surface area contributed by atoms with Crippen LogP contribution in [0.2, 0.25) is 0 Å². The number of amides is 1. The van der Waals surface area contributed by atoms with Crippen molar-refractivity contribution in [3.05, 3.63) is 41.5 Å². The fourth-order valence-electron chi connectivity index (χ4n) is 2.96. The van der Waals surface area contributed by atoms with Gasteiger partial charge in [-0.2, -0.15) is 5.10 Å². The van der Waals surface area contributed by atoms with E-state index in [1.807, 2.05) is 6.92 Å². The van der Waals surface area contributed by atoms with E-state index in [-0.39, 0.29) is 17.5 Å². The second kappa shape index (κ2) is 8.20. The third kappa shape index (κ3) is 4.45. The summed E-state index contributed by atoms with van der Waals surface area (Å²) in [6.07, 6.45) is 4.96. The van der Waals surface area contributed by atoms with Crippen LogP contribution in [0, 0.1) is 5.92 Å². The Morgan fingerprint density at radius 1 is 1.30 bits per heavy atom. The molecule has 3 rings (SSSR count). The highest BCUT2D eigenvalue weighted by Crippen LogP contribution is 2.28. The minimum atomic E-state index is -0.514. The van der Waals surface area contributed by atoms with Crippen LogP contribution >= 0.6 is 0 Å². The number of aromatic nitrogens is 3. The zero-order chi connectivity index (χ0) is 19.4. The lowest BCUT2D eigenvalue weighted by atomic mass is 9.86. The average molecular weight is 372 g/mol. The van der Waals surface area contributed by atoms with Gasteiger partial charge in [0.05, 0.1) is 25.3 Å². The van der Waals surface area contributed by atoms with Gasteiger partial charge in [-0.05, 0) is 43.9 Å². The molecular formula is C19H24N4O4. The number of methoxy groups -OCH3 is 1. The zero-order valence-electron chi connectivity index (χ0n) is 15.8. The third-order valence-electron chi connectivity index (χ3n) is 4.78. The number of benzene rings is 1. The number of hydrogen-bond acceptors (Lipinski definition) is 6. The van der Waals surface area contributed by atoms with E-state index >= 15 is 0 Å². The predicted molar refractivity (Wildman–Crippen MR) is 97.5 cm³/mol. The van der Waals surface area contributed by atoms with Crippen LogP contribution in [0.15, 0.2) is 24.5 Å². The van der Waals surface area contributed by atoms with Crippen LogP contribution in [0.5, 0.6) is 5.75 Å². The molecule has 1 aliphatic carbocycles.